The van der Waals surface area contributed by atoms with Crippen LogP contribution >= 0.6 is 0 Å². The number of hydrazine groups is 1. The number of aryl methyl sites for hydroxylation is 1. The number of rotatable bonds is 3. The van der Waals surface area contributed by atoms with E-state index in [0.29, 0.717) is 5.56 Å². The lowest BCUT2D eigenvalue weighted by Gasteiger charge is -2.20. The third kappa shape index (κ3) is 2.49. The molecule has 0 aromatic heterocycles. The zero-order valence-corrected chi connectivity index (χ0v) is 12.4. The molecule has 0 saturated carbocycles. The molecule has 0 heterocycles. The maximum Gasteiger partial charge on any atom is 0.265 e. The number of carbonyl (C=O) groups is 1. The fraction of sp³-hybridized carbons (Fsp3) is 0.167. The fourth-order valence-corrected chi connectivity index (χ4v) is 2.87. The minimum atomic E-state index is -0.284. The van der Waals surface area contributed by atoms with Crippen molar-refractivity contribution in [2.45, 2.75) is 12.8 Å². The molecule has 2 aromatic rings. The quantitative estimate of drug-likeness (QED) is 0.519. The number of carbonyl (C=O) groups excluding carboxylic acids is 1. The zero-order chi connectivity index (χ0) is 15.5. The minimum Gasteiger partial charge on any atom is -0.496 e. The van der Waals surface area contributed by atoms with E-state index in [1.165, 1.54) is 5.56 Å². The number of benzene rings is 2. The van der Waals surface area contributed by atoms with Crippen LogP contribution in [0.3, 0.4) is 0 Å². The van der Waals surface area contributed by atoms with Crippen LogP contribution in [-0.2, 0) is 6.42 Å². The summed E-state index contributed by atoms with van der Waals surface area (Å²) in [4.78, 5) is 11.8. The second kappa shape index (κ2) is 6.03. The number of para-hydroxylation sites is 1. The Balaban J connectivity index is 2.13. The summed E-state index contributed by atoms with van der Waals surface area (Å²) < 4.78 is 5.47. The lowest BCUT2D eigenvalue weighted by molar-refractivity contribution is 0.0953. The number of methoxy groups -OCH3 is 1. The Hall–Kier alpha value is -2.59. The molecule has 3 N–H and O–H groups in total. The average Bonchev–Trinajstić information content (AvgIpc) is 2.60. The summed E-state index contributed by atoms with van der Waals surface area (Å²) in [6.07, 6.45) is 4.14. The molecule has 112 valence electrons. The first kappa shape index (κ1) is 14.4. The van der Waals surface area contributed by atoms with Gasteiger partial charge in [0.2, 0.25) is 0 Å². The SMILES string of the molecule is COc1ccccc1C1=CCCc2ccc(C(=O)NN)cc21. The van der Waals surface area contributed by atoms with Crippen molar-refractivity contribution in [3.8, 4) is 5.75 Å². The highest BCUT2D eigenvalue weighted by atomic mass is 16.5. The fourth-order valence-electron chi connectivity index (χ4n) is 2.87. The van der Waals surface area contributed by atoms with E-state index in [0.717, 1.165) is 35.3 Å². The second-order valence-electron chi connectivity index (χ2n) is 5.20. The number of nitrogens with one attached hydrogen (secondary N) is 1. The zero-order valence-electron chi connectivity index (χ0n) is 12.4. The molecule has 1 aliphatic rings. The van der Waals surface area contributed by atoms with Gasteiger partial charge in [0.15, 0.2) is 0 Å². The van der Waals surface area contributed by atoms with Crippen molar-refractivity contribution < 1.29 is 9.53 Å². The van der Waals surface area contributed by atoms with Gasteiger partial charge in [0.05, 0.1) is 7.11 Å². The Kier molecular flexibility index (Phi) is 3.94. The third-order valence-electron chi connectivity index (χ3n) is 3.95. The number of hydrogen-bond donors (Lipinski definition) is 2. The summed E-state index contributed by atoms with van der Waals surface area (Å²) in [5.74, 6) is 5.78. The first-order valence-corrected chi connectivity index (χ1v) is 7.22. The highest BCUT2D eigenvalue weighted by Gasteiger charge is 2.18. The van der Waals surface area contributed by atoms with Crippen molar-refractivity contribution >= 4 is 11.5 Å². The number of nitrogen functional groups attached to an aromatic ring is 1. The third-order valence-corrected chi connectivity index (χ3v) is 3.95. The van der Waals surface area contributed by atoms with E-state index in [1.54, 1.807) is 7.11 Å². The highest BCUT2D eigenvalue weighted by molar-refractivity contribution is 5.96. The molecule has 4 heteroatoms. The predicted octanol–water partition coefficient (Wildman–Crippen LogP) is 2.68. The van der Waals surface area contributed by atoms with Gasteiger partial charge >= 0.3 is 0 Å². The molecule has 0 bridgehead atoms. The Labute approximate surface area is 129 Å². The van der Waals surface area contributed by atoms with Crippen molar-refractivity contribution in [2.75, 3.05) is 7.11 Å². The lowest BCUT2D eigenvalue weighted by Crippen LogP contribution is -2.30. The molecule has 0 unspecified atom stereocenters. The number of amides is 1. The maximum absolute atomic E-state index is 11.8. The van der Waals surface area contributed by atoms with Crippen LogP contribution in [0.1, 0.15) is 33.5 Å². The van der Waals surface area contributed by atoms with Gasteiger partial charge in [0.25, 0.3) is 5.91 Å². The van der Waals surface area contributed by atoms with E-state index in [1.807, 2.05) is 42.5 Å². The molecule has 1 aliphatic carbocycles. The van der Waals surface area contributed by atoms with E-state index in [9.17, 15) is 4.79 Å². The van der Waals surface area contributed by atoms with E-state index in [4.69, 9.17) is 10.6 Å². The van der Waals surface area contributed by atoms with Gasteiger partial charge in [-0.05, 0) is 47.7 Å². The Morgan fingerprint density at radius 2 is 2.00 bits per heavy atom. The van der Waals surface area contributed by atoms with Crippen molar-refractivity contribution in [2.24, 2.45) is 5.84 Å². The van der Waals surface area contributed by atoms with Crippen LogP contribution in [0.15, 0.2) is 48.5 Å². The molecule has 22 heavy (non-hydrogen) atoms. The lowest BCUT2D eigenvalue weighted by atomic mass is 9.85. The predicted molar refractivity (Wildman–Crippen MR) is 86.5 cm³/mol. The molecular formula is C18H18N2O2. The summed E-state index contributed by atoms with van der Waals surface area (Å²) in [5.41, 5.74) is 7.18. The number of allylic oxidation sites excluding steroid dienone is 1. The van der Waals surface area contributed by atoms with Crippen LogP contribution in [0.5, 0.6) is 5.75 Å². The van der Waals surface area contributed by atoms with Gasteiger partial charge < -0.3 is 4.74 Å². The molecular weight excluding hydrogens is 276 g/mol. The van der Waals surface area contributed by atoms with Crippen LogP contribution in [-0.4, -0.2) is 13.0 Å². The topological polar surface area (TPSA) is 64.3 Å². The minimum absolute atomic E-state index is 0.284. The molecule has 0 radical (unpaired) electrons. The summed E-state index contributed by atoms with van der Waals surface area (Å²) in [5, 5.41) is 0. The normalized spacial score (nSPS) is 13.1. The average molecular weight is 294 g/mol. The van der Waals surface area contributed by atoms with E-state index in [2.05, 4.69) is 11.5 Å². The monoisotopic (exact) mass is 294 g/mol. The molecule has 2 aromatic carbocycles. The Morgan fingerprint density at radius 1 is 1.18 bits per heavy atom. The van der Waals surface area contributed by atoms with Crippen LogP contribution < -0.4 is 16.0 Å². The molecule has 0 saturated heterocycles. The number of ether oxygens (including phenoxy) is 1. The largest absolute Gasteiger partial charge is 0.496 e. The summed E-state index contributed by atoms with van der Waals surface area (Å²) in [7, 11) is 1.67. The van der Waals surface area contributed by atoms with Gasteiger partial charge in [-0.1, -0.05) is 30.3 Å². The van der Waals surface area contributed by atoms with Gasteiger partial charge in [-0.3, -0.25) is 10.2 Å². The number of fused-ring (bicyclic) bond motifs is 1. The van der Waals surface area contributed by atoms with E-state index >= 15 is 0 Å². The molecule has 0 fully saturated rings. The maximum atomic E-state index is 11.8. The molecule has 4 nitrogen and oxygen atoms in total. The summed E-state index contributed by atoms with van der Waals surface area (Å²) >= 11 is 0. The van der Waals surface area contributed by atoms with Gasteiger partial charge in [-0.2, -0.15) is 0 Å². The summed E-state index contributed by atoms with van der Waals surface area (Å²) in [6, 6.07) is 13.6. The van der Waals surface area contributed by atoms with Crippen LogP contribution in [0.2, 0.25) is 0 Å². The number of nitrogens with two attached hydrogens (primary N) is 1. The van der Waals surface area contributed by atoms with E-state index < -0.39 is 0 Å². The molecule has 0 spiro atoms. The van der Waals surface area contributed by atoms with Crippen LogP contribution in [0, 0.1) is 0 Å². The Morgan fingerprint density at radius 3 is 2.77 bits per heavy atom. The van der Waals surface area contributed by atoms with Gasteiger partial charge in [0, 0.05) is 11.1 Å². The van der Waals surface area contributed by atoms with Gasteiger partial charge in [-0.25, -0.2) is 5.84 Å². The van der Waals surface area contributed by atoms with Crippen molar-refractivity contribution in [1.82, 2.24) is 5.43 Å². The second-order valence-corrected chi connectivity index (χ2v) is 5.20. The number of hydrogen-bond acceptors (Lipinski definition) is 3. The molecule has 0 atom stereocenters. The van der Waals surface area contributed by atoms with Crippen molar-refractivity contribution in [1.29, 1.82) is 0 Å². The van der Waals surface area contributed by atoms with Gasteiger partial charge in [-0.15, -0.1) is 0 Å². The van der Waals surface area contributed by atoms with E-state index in [-0.39, 0.29) is 5.91 Å². The van der Waals surface area contributed by atoms with Crippen molar-refractivity contribution in [3.63, 3.8) is 0 Å². The Bertz CT molecular complexity index is 751. The van der Waals surface area contributed by atoms with Crippen LogP contribution in [0.25, 0.3) is 5.57 Å². The first-order valence-electron chi connectivity index (χ1n) is 7.22. The molecule has 0 aliphatic heterocycles. The molecule has 3 rings (SSSR count). The summed E-state index contributed by atoms with van der Waals surface area (Å²) in [6.45, 7) is 0. The van der Waals surface area contributed by atoms with Gasteiger partial charge in [0.1, 0.15) is 5.75 Å². The smallest absolute Gasteiger partial charge is 0.265 e. The standard InChI is InChI=1S/C18H18N2O2/c1-22-17-8-3-2-6-15(17)14-7-4-5-12-9-10-13(11-16(12)14)18(21)20-19/h2-3,6-11H,4-5,19H2,1H3,(H,20,21). The first-order chi connectivity index (χ1) is 10.7. The van der Waals surface area contributed by atoms with Crippen molar-refractivity contribution in [3.05, 3.63) is 70.8 Å². The highest BCUT2D eigenvalue weighted by Crippen LogP contribution is 2.36. The molecule has 1 amide bonds. The van der Waals surface area contributed by atoms with Crippen LogP contribution in [0.4, 0.5) is 0 Å².